The summed E-state index contributed by atoms with van der Waals surface area (Å²) in [6.45, 7) is 2.31. The number of carbonyl (C=O) groups is 3. The van der Waals surface area contributed by atoms with Crippen molar-refractivity contribution in [3.05, 3.63) is 58.1 Å². The Kier molecular flexibility index (Phi) is 6.08. The van der Waals surface area contributed by atoms with Gasteiger partial charge in [-0.2, -0.15) is 0 Å². The van der Waals surface area contributed by atoms with E-state index in [9.17, 15) is 14.4 Å². The van der Waals surface area contributed by atoms with Crippen molar-refractivity contribution in [2.75, 3.05) is 25.0 Å². The Morgan fingerprint density at radius 2 is 1.97 bits per heavy atom. The van der Waals surface area contributed by atoms with Gasteiger partial charge < -0.3 is 20.7 Å². The van der Waals surface area contributed by atoms with E-state index in [1.807, 2.05) is 17.0 Å². The number of likely N-dealkylation sites (tertiary alicyclic amines) is 1. The van der Waals surface area contributed by atoms with Crippen molar-refractivity contribution in [2.24, 2.45) is 11.7 Å². The smallest absolute Gasteiger partial charge is 0.253 e. The number of hydrogen-bond acceptors (Lipinski definition) is 5. The van der Waals surface area contributed by atoms with Gasteiger partial charge >= 0.3 is 0 Å². The second-order valence-electron chi connectivity index (χ2n) is 9.58. The number of piperidine rings is 1. The van der Waals surface area contributed by atoms with Crippen molar-refractivity contribution in [1.82, 2.24) is 4.90 Å². The molecule has 1 atom stereocenters. The summed E-state index contributed by atoms with van der Waals surface area (Å²) in [5, 5.41) is 3.17. The molecule has 178 valence electrons. The topological polar surface area (TPSA) is 102 Å². The van der Waals surface area contributed by atoms with Crippen molar-refractivity contribution in [3.8, 4) is 5.75 Å². The minimum absolute atomic E-state index is 0.0935. The van der Waals surface area contributed by atoms with Gasteiger partial charge in [-0.25, -0.2) is 0 Å². The second-order valence-corrected chi connectivity index (χ2v) is 10.0. The van der Waals surface area contributed by atoms with Crippen molar-refractivity contribution in [3.63, 3.8) is 0 Å². The highest BCUT2D eigenvalue weighted by Crippen LogP contribution is 2.46. The van der Waals surface area contributed by atoms with Crippen LogP contribution in [0.1, 0.15) is 53.6 Å². The van der Waals surface area contributed by atoms with Crippen LogP contribution < -0.4 is 15.8 Å². The predicted molar refractivity (Wildman–Crippen MR) is 129 cm³/mol. The van der Waals surface area contributed by atoms with Crippen LogP contribution in [0.25, 0.3) is 0 Å². The molecule has 2 fully saturated rings. The molecule has 1 spiro atoms. The van der Waals surface area contributed by atoms with Gasteiger partial charge in [-0.05, 0) is 49.1 Å². The van der Waals surface area contributed by atoms with E-state index in [-0.39, 0.29) is 35.4 Å². The number of fused-ring (bicyclic) bond motifs is 2. The predicted octanol–water partition coefficient (Wildman–Crippen LogP) is 3.67. The molecule has 2 heterocycles. The standard InChI is InChI=1S/C26H28ClN3O4/c27-19-10-18(11-20(13-19)29-24(32)12-17-2-3-22(17)31)25(33)30-7-5-26(6-8-30)15-34-23-4-1-16(14-28)9-21(23)26/h1,4,9-11,13,17H,2-3,5-8,12,14-15,28H2,(H,29,32). The average Bonchev–Trinajstić information content (AvgIpc) is 3.18. The number of nitrogens with zero attached hydrogens (tertiary/aromatic N) is 1. The van der Waals surface area contributed by atoms with Crippen LogP contribution in [0.2, 0.25) is 5.02 Å². The SMILES string of the molecule is NCc1ccc2c(c1)C1(CCN(C(=O)c3cc(Cl)cc(NC(=O)CC4CCC4=O)c3)CC1)CO2. The molecule has 34 heavy (non-hydrogen) atoms. The molecule has 2 aromatic rings. The van der Waals surface area contributed by atoms with Crippen LogP contribution in [0.4, 0.5) is 5.69 Å². The van der Waals surface area contributed by atoms with E-state index in [1.54, 1.807) is 18.2 Å². The average molecular weight is 482 g/mol. The van der Waals surface area contributed by atoms with Gasteiger partial charge in [-0.3, -0.25) is 14.4 Å². The monoisotopic (exact) mass is 481 g/mol. The number of carbonyl (C=O) groups excluding carboxylic acids is 3. The van der Waals surface area contributed by atoms with Crippen LogP contribution in [0, 0.1) is 5.92 Å². The number of hydrogen-bond donors (Lipinski definition) is 2. The van der Waals surface area contributed by atoms with Gasteiger partial charge in [0, 0.05) is 65.6 Å². The molecule has 2 aliphatic heterocycles. The molecule has 1 saturated carbocycles. The van der Waals surface area contributed by atoms with Crippen LogP contribution in [0.3, 0.4) is 0 Å². The molecular formula is C26H28ClN3O4. The lowest BCUT2D eigenvalue weighted by Crippen LogP contribution is -2.46. The number of nitrogens with two attached hydrogens (primary N) is 1. The van der Waals surface area contributed by atoms with Gasteiger partial charge in [0.2, 0.25) is 5.91 Å². The molecule has 1 saturated heterocycles. The Hall–Kier alpha value is -2.90. The van der Waals surface area contributed by atoms with Crippen molar-refractivity contribution in [1.29, 1.82) is 0 Å². The zero-order valence-electron chi connectivity index (χ0n) is 18.9. The number of ketones is 1. The summed E-state index contributed by atoms with van der Waals surface area (Å²) in [5.74, 6) is 0.504. The minimum atomic E-state index is -0.240. The molecule has 0 radical (unpaired) electrons. The third-order valence-corrected chi connectivity index (χ3v) is 7.64. The molecule has 7 nitrogen and oxygen atoms in total. The van der Waals surface area contributed by atoms with Crippen LogP contribution in [0.15, 0.2) is 36.4 Å². The summed E-state index contributed by atoms with van der Waals surface area (Å²) in [7, 11) is 0. The number of amides is 2. The molecule has 2 aromatic carbocycles. The van der Waals surface area contributed by atoms with Gasteiger partial charge in [0.05, 0.1) is 6.61 Å². The quantitative estimate of drug-likeness (QED) is 0.678. The number of anilines is 1. The second kappa shape index (κ2) is 9.04. The van der Waals surface area contributed by atoms with E-state index in [2.05, 4.69) is 11.4 Å². The third-order valence-electron chi connectivity index (χ3n) is 7.42. The first-order valence-electron chi connectivity index (χ1n) is 11.8. The first-order valence-corrected chi connectivity index (χ1v) is 12.1. The normalized spacial score (nSPS) is 20.5. The fourth-order valence-electron chi connectivity index (χ4n) is 5.18. The van der Waals surface area contributed by atoms with E-state index in [0.717, 1.165) is 30.6 Å². The number of Topliss-reactive ketones (excluding diaryl/α,β-unsaturated/α-hetero) is 1. The number of rotatable bonds is 5. The molecule has 1 unspecified atom stereocenters. The van der Waals surface area contributed by atoms with Crippen molar-refractivity contribution >= 4 is 34.9 Å². The molecule has 3 aliphatic rings. The number of benzene rings is 2. The van der Waals surface area contributed by atoms with E-state index < -0.39 is 0 Å². The third kappa shape index (κ3) is 4.30. The van der Waals surface area contributed by atoms with Gasteiger partial charge in [0.1, 0.15) is 11.5 Å². The first-order chi connectivity index (χ1) is 16.4. The summed E-state index contributed by atoms with van der Waals surface area (Å²) in [6.07, 6.45) is 3.08. The Morgan fingerprint density at radius 1 is 1.18 bits per heavy atom. The highest BCUT2D eigenvalue weighted by molar-refractivity contribution is 6.31. The van der Waals surface area contributed by atoms with E-state index in [4.69, 9.17) is 22.1 Å². The number of nitrogens with one attached hydrogen (secondary N) is 1. The maximum atomic E-state index is 13.3. The first kappa shape index (κ1) is 22.9. The molecule has 3 N–H and O–H groups in total. The Bertz CT molecular complexity index is 1160. The largest absolute Gasteiger partial charge is 0.492 e. The number of ether oxygens (including phenoxy) is 1. The zero-order chi connectivity index (χ0) is 23.9. The fourth-order valence-corrected chi connectivity index (χ4v) is 5.41. The van der Waals surface area contributed by atoms with Gasteiger partial charge in [0.25, 0.3) is 5.91 Å². The lowest BCUT2D eigenvalue weighted by Gasteiger charge is -2.38. The van der Waals surface area contributed by atoms with Crippen LogP contribution in [-0.4, -0.2) is 42.2 Å². The molecule has 1 aliphatic carbocycles. The molecule has 5 rings (SSSR count). The van der Waals surface area contributed by atoms with Gasteiger partial charge in [-0.1, -0.05) is 23.7 Å². The molecule has 0 aromatic heterocycles. The van der Waals surface area contributed by atoms with Crippen LogP contribution >= 0.6 is 11.6 Å². The highest BCUT2D eigenvalue weighted by Gasteiger charge is 2.44. The summed E-state index contributed by atoms with van der Waals surface area (Å²) in [4.78, 5) is 39.0. The molecule has 0 bridgehead atoms. The Balaban J connectivity index is 1.26. The maximum absolute atomic E-state index is 13.3. The van der Waals surface area contributed by atoms with E-state index >= 15 is 0 Å². The minimum Gasteiger partial charge on any atom is -0.492 e. The zero-order valence-corrected chi connectivity index (χ0v) is 19.7. The maximum Gasteiger partial charge on any atom is 0.253 e. The van der Waals surface area contributed by atoms with E-state index in [0.29, 0.717) is 48.9 Å². The summed E-state index contributed by atoms with van der Waals surface area (Å²) < 4.78 is 5.96. The van der Waals surface area contributed by atoms with Crippen molar-refractivity contribution < 1.29 is 19.1 Å². The molecular weight excluding hydrogens is 454 g/mol. The van der Waals surface area contributed by atoms with Crippen molar-refractivity contribution in [2.45, 2.75) is 44.1 Å². The fraction of sp³-hybridized carbons (Fsp3) is 0.423. The van der Waals surface area contributed by atoms with Crippen LogP contribution in [-0.2, 0) is 21.5 Å². The molecule has 2 amide bonds. The summed E-state index contributed by atoms with van der Waals surface area (Å²) >= 11 is 6.26. The Morgan fingerprint density at radius 3 is 2.65 bits per heavy atom. The summed E-state index contributed by atoms with van der Waals surface area (Å²) in [6, 6.07) is 11.0. The van der Waals surface area contributed by atoms with E-state index in [1.165, 1.54) is 5.56 Å². The van der Waals surface area contributed by atoms with Crippen LogP contribution in [0.5, 0.6) is 5.75 Å². The lowest BCUT2D eigenvalue weighted by atomic mass is 9.74. The van der Waals surface area contributed by atoms with Gasteiger partial charge in [-0.15, -0.1) is 0 Å². The molecule has 8 heteroatoms. The number of halogens is 1. The summed E-state index contributed by atoms with van der Waals surface area (Å²) in [5.41, 5.74) is 8.92. The lowest BCUT2D eigenvalue weighted by molar-refractivity contribution is -0.132. The highest BCUT2D eigenvalue weighted by atomic mass is 35.5. The van der Waals surface area contributed by atoms with Gasteiger partial charge in [0.15, 0.2) is 0 Å². The Labute approximate surface area is 203 Å².